The molecule has 0 spiro atoms. The minimum atomic E-state index is -0.110. The van der Waals surface area contributed by atoms with Crippen LogP contribution >= 0.6 is 0 Å². The van der Waals surface area contributed by atoms with Gasteiger partial charge in [-0.05, 0) is 67.8 Å². The van der Waals surface area contributed by atoms with Gasteiger partial charge in [0.15, 0.2) is 11.5 Å². The van der Waals surface area contributed by atoms with Crippen molar-refractivity contribution in [1.29, 1.82) is 0 Å². The van der Waals surface area contributed by atoms with Crippen LogP contribution in [-0.4, -0.2) is 31.7 Å². The van der Waals surface area contributed by atoms with Gasteiger partial charge in [-0.15, -0.1) is 0 Å². The predicted molar refractivity (Wildman–Crippen MR) is 141 cm³/mol. The van der Waals surface area contributed by atoms with Crippen molar-refractivity contribution in [2.45, 2.75) is 27.2 Å². The van der Waals surface area contributed by atoms with E-state index in [-0.39, 0.29) is 12.3 Å². The third-order valence-electron chi connectivity index (χ3n) is 6.12. The molecule has 0 atom stereocenters. The minimum absolute atomic E-state index is 0.110. The molecule has 0 fully saturated rings. The zero-order valence-corrected chi connectivity index (χ0v) is 21.2. The number of para-hydroxylation sites is 1. The first-order valence-corrected chi connectivity index (χ1v) is 11.7. The number of carbonyl (C=O) groups is 1. The number of ether oxygens (including phenoxy) is 4. The number of hydrogen-bond acceptors (Lipinski definition) is 6. The molecule has 1 aromatic heterocycles. The highest BCUT2D eigenvalue weighted by Gasteiger charge is 2.15. The number of carbonyl (C=O) groups excluding carboxylic acids is 1. The van der Waals surface area contributed by atoms with Crippen LogP contribution in [0.5, 0.6) is 28.7 Å². The molecular formula is C29H30N2O5. The van der Waals surface area contributed by atoms with E-state index < -0.39 is 0 Å². The van der Waals surface area contributed by atoms with E-state index in [1.54, 1.807) is 20.4 Å². The Morgan fingerprint density at radius 3 is 2.33 bits per heavy atom. The van der Waals surface area contributed by atoms with Crippen LogP contribution in [0.15, 0.2) is 60.8 Å². The highest BCUT2D eigenvalue weighted by atomic mass is 16.5. The summed E-state index contributed by atoms with van der Waals surface area (Å²) in [6.45, 7) is 6.21. The Bertz CT molecular complexity index is 1400. The Labute approximate surface area is 211 Å². The maximum atomic E-state index is 12.5. The van der Waals surface area contributed by atoms with Crippen molar-refractivity contribution >= 4 is 22.5 Å². The van der Waals surface area contributed by atoms with Crippen molar-refractivity contribution in [3.8, 4) is 28.7 Å². The van der Waals surface area contributed by atoms with Gasteiger partial charge in [0, 0.05) is 23.3 Å². The average molecular weight is 487 g/mol. The second-order valence-electron chi connectivity index (χ2n) is 8.41. The van der Waals surface area contributed by atoms with E-state index in [2.05, 4.69) is 10.3 Å². The lowest BCUT2D eigenvalue weighted by atomic mass is 10.1. The molecule has 0 radical (unpaired) electrons. The van der Waals surface area contributed by atoms with Crippen LogP contribution < -0.4 is 24.3 Å². The molecule has 4 rings (SSSR count). The number of aromatic nitrogens is 1. The molecule has 0 saturated carbocycles. The summed E-state index contributed by atoms with van der Waals surface area (Å²) >= 11 is 0. The number of nitrogens with zero attached hydrogens (tertiary/aromatic N) is 1. The molecule has 4 aromatic rings. The van der Waals surface area contributed by atoms with Crippen LogP contribution in [0.4, 0.5) is 5.69 Å². The minimum Gasteiger partial charge on any atom is -0.493 e. The molecule has 36 heavy (non-hydrogen) atoms. The van der Waals surface area contributed by atoms with Gasteiger partial charge in [0.1, 0.15) is 17.2 Å². The monoisotopic (exact) mass is 486 g/mol. The van der Waals surface area contributed by atoms with Gasteiger partial charge in [-0.25, -0.2) is 0 Å². The van der Waals surface area contributed by atoms with E-state index in [9.17, 15) is 4.79 Å². The normalized spacial score (nSPS) is 10.7. The van der Waals surface area contributed by atoms with Gasteiger partial charge in [-0.1, -0.05) is 18.2 Å². The lowest BCUT2D eigenvalue weighted by Gasteiger charge is -2.16. The zero-order valence-electron chi connectivity index (χ0n) is 21.2. The topological polar surface area (TPSA) is 78.9 Å². The molecule has 7 nitrogen and oxygen atoms in total. The summed E-state index contributed by atoms with van der Waals surface area (Å²) in [4.78, 5) is 17.0. The highest BCUT2D eigenvalue weighted by Crippen LogP contribution is 2.38. The van der Waals surface area contributed by atoms with Crippen LogP contribution in [0.3, 0.4) is 0 Å². The largest absolute Gasteiger partial charge is 0.493 e. The smallest absolute Gasteiger partial charge is 0.227 e. The molecule has 0 unspecified atom stereocenters. The first-order chi connectivity index (χ1) is 17.4. The van der Waals surface area contributed by atoms with Crippen molar-refractivity contribution in [3.05, 3.63) is 77.5 Å². The van der Waals surface area contributed by atoms with Crippen molar-refractivity contribution < 1.29 is 23.7 Å². The number of aryl methyl sites for hydroxylation is 1. The molecular weight excluding hydrogens is 456 g/mol. The molecule has 0 aliphatic heterocycles. The highest BCUT2D eigenvalue weighted by molar-refractivity contribution is 5.92. The Kier molecular flexibility index (Phi) is 7.59. The zero-order chi connectivity index (χ0) is 25.7. The number of rotatable bonds is 9. The number of fused-ring (bicyclic) bond motifs is 1. The van der Waals surface area contributed by atoms with Gasteiger partial charge in [-0.2, -0.15) is 0 Å². The second kappa shape index (κ2) is 11.0. The number of anilines is 1. The summed E-state index contributed by atoms with van der Waals surface area (Å²) in [6, 6.07) is 16.9. The fourth-order valence-corrected chi connectivity index (χ4v) is 3.88. The quantitative estimate of drug-likeness (QED) is 0.296. The van der Waals surface area contributed by atoms with Crippen LogP contribution in [0, 0.1) is 20.8 Å². The third kappa shape index (κ3) is 5.35. The SMILES string of the molecule is COc1cc2nccc(Oc3ccc(NC(=O)CCOc4ccccc4C)c(C)c3C)c2cc1OC. The summed E-state index contributed by atoms with van der Waals surface area (Å²) in [5, 5.41) is 3.79. The van der Waals surface area contributed by atoms with E-state index >= 15 is 0 Å². The molecule has 1 heterocycles. The molecule has 3 aromatic carbocycles. The van der Waals surface area contributed by atoms with Gasteiger partial charge in [0.2, 0.25) is 5.91 Å². The maximum Gasteiger partial charge on any atom is 0.227 e. The molecule has 0 aliphatic rings. The number of hydrogen-bond donors (Lipinski definition) is 1. The van der Waals surface area contributed by atoms with Crippen LogP contribution in [0.2, 0.25) is 0 Å². The van der Waals surface area contributed by atoms with Gasteiger partial charge in [0.05, 0.1) is 32.8 Å². The van der Waals surface area contributed by atoms with E-state index in [0.717, 1.165) is 39.0 Å². The lowest BCUT2D eigenvalue weighted by Crippen LogP contribution is -2.16. The average Bonchev–Trinajstić information content (AvgIpc) is 2.88. The summed E-state index contributed by atoms with van der Waals surface area (Å²) in [5.74, 6) is 3.22. The first-order valence-electron chi connectivity index (χ1n) is 11.7. The van der Waals surface area contributed by atoms with Gasteiger partial charge in [0.25, 0.3) is 0 Å². The molecule has 0 aliphatic carbocycles. The number of amides is 1. The molecule has 0 bridgehead atoms. The summed E-state index contributed by atoms with van der Waals surface area (Å²) < 4.78 is 22.9. The standard InChI is InChI=1S/C29H30N2O5/c1-18-8-6-7-9-24(18)35-15-13-29(32)31-22-10-11-25(20(3)19(22)2)36-26-12-14-30-23-17-28(34-5)27(33-4)16-21(23)26/h6-12,14,16-17H,13,15H2,1-5H3,(H,31,32). The fraction of sp³-hybridized carbons (Fsp3) is 0.241. The van der Waals surface area contributed by atoms with Gasteiger partial charge >= 0.3 is 0 Å². The van der Waals surface area contributed by atoms with Crippen LogP contribution in [-0.2, 0) is 4.79 Å². The van der Waals surface area contributed by atoms with Crippen LogP contribution in [0.1, 0.15) is 23.1 Å². The summed E-state index contributed by atoms with van der Waals surface area (Å²) in [5.41, 5.74) is 4.37. The first kappa shape index (κ1) is 24.9. The summed E-state index contributed by atoms with van der Waals surface area (Å²) in [6.07, 6.45) is 1.94. The predicted octanol–water partition coefficient (Wildman–Crippen LogP) is 6.38. The Morgan fingerprint density at radius 1 is 0.833 bits per heavy atom. The Morgan fingerprint density at radius 2 is 1.58 bits per heavy atom. The van der Waals surface area contributed by atoms with Crippen LogP contribution in [0.25, 0.3) is 10.9 Å². The van der Waals surface area contributed by atoms with Crippen molar-refractivity contribution in [1.82, 2.24) is 4.98 Å². The fourth-order valence-electron chi connectivity index (χ4n) is 3.88. The molecule has 0 saturated heterocycles. The maximum absolute atomic E-state index is 12.5. The van der Waals surface area contributed by atoms with Crippen molar-refractivity contribution in [2.75, 3.05) is 26.1 Å². The van der Waals surface area contributed by atoms with E-state index in [0.29, 0.717) is 29.6 Å². The van der Waals surface area contributed by atoms with Gasteiger partial charge < -0.3 is 24.3 Å². The Balaban J connectivity index is 1.47. The summed E-state index contributed by atoms with van der Waals surface area (Å²) in [7, 11) is 3.18. The van der Waals surface area contributed by atoms with E-state index in [1.165, 1.54) is 0 Å². The van der Waals surface area contributed by atoms with E-state index in [1.807, 2.05) is 75.4 Å². The number of pyridine rings is 1. The second-order valence-corrected chi connectivity index (χ2v) is 8.41. The Hall–Kier alpha value is -4.26. The number of nitrogens with one attached hydrogen (secondary N) is 1. The van der Waals surface area contributed by atoms with E-state index in [4.69, 9.17) is 18.9 Å². The molecule has 1 amide bonds. The molecule has 7 heteroatoms. The third-order valence-corrected chi connectivity index (χ3v) is 6.12. The number of methoxy groups -OCH3 is 2. The van der Waals surface area contributed by atoms with Gasteiger partial charge in [-0.3, -0.25) is 9.78 Å². The molecule has 186 valence electrons. The molecule has 1 N–H and O–H groups in total. The number of benzene rings is 3. The lowest BCUT2D eigenvalue weighted by molar-refractivity contribution is -0.116. The van der Waals surface area contributed by atoms with Crippen molar-refractivity contribution in [2.24, 2.45) is 0 Å². The van der Waals surface area contributed by atoms with Crippen molar-refractivity contribution in [3.63, 3.8) is 0 Å².